The summed E-state index contributed by atoms with van der Waals surface area (Å²) in [7, 11) is 0. The Balaban J connectivity index is 2.12. The molecule has 1 aliphatic rings. The third-order valence-corrected chi connectivity index (χ3v) is 3.53. The van der Waals surface area contributed by atoms with Gasteiger partial charge in [-0.25, -0.2) is 0 Å². The molecule has 0 spiro atoms. The fourth-order valence-electron chi connectivity index (χ4n) is 2.34. The van der Waals surface area contributed by atoms with Crippen LogP contribution in [0.1, 0.15) is 32.8 Å². The van der Waals surface area contributed by atoms with Crippen LogP contribution in [-0.4, -0.2) is 47.7 Å². The van der Waals surface area contributed by atoms with Crippen LogP contribution in [0.2, 0.25) is 0 Å². The number of benzene rings is 1. The fourth-order valence-corrected chi connectivity index (χ4v) is 2.34. The number of aliphatic hydroxyl groups excluding tert-OH is 1. The molecule has 0 atom stereocenters. The molecule has 1 aromatic carbocycles. The van der Waals surface area contributed by atoms with E-state index in [1.165, 1.54) is 0 Å². The van der Waals surface area contributed by atoms with E-state index >= 15 is 0 Å². The second-order valence-corrected chi connectivity index (χ2v) is 5.78. The van der Waals surface area contributed by atoms with Gasteiger partial charge in [-0.3, -0.25) is 14.5 Å². The Morgan fingerprint density at radius 1 is 1.08 bits per heavy atom. The number of amides is 2. The van der Waals surface area contributed by atoms with Crippen LogP contribution in [-0.2, 0) is 14.3 Å². The van der Waals surface area contributed by atoms with Crippen LogP contribution < -0.4 is 4.74 Å². The van der Waals surface area contributed by atoms with Gasteiger partial charge in [0.25, 0.3) is 11.8 Å². The fraction of sp³-hybridized carbons (Fsp3) is 0.444. The Morgan fingerprint density at radius 3 is 2.33 bits per heavy atom. The minimum atomic E-state index is -0.686. The van der Waals surface area contributed by atoms with Crippen molar-refractivity contribution in [2.24, 2.45) is 0 Å². The van der Waals surface area contributed by atoms with E-state index in [9.17, 15) is 14.7 Å². The number of hydrogen-bond acceptors (Lipinski definition) is 5. The number of aliphatic hydroxyl groups is 1. The SMILES string of the molecule is CCCOc1ccc(C2=C(O)C(=O)N(CCOC(C)C)C2=O)cc1. The lowest BCUT2D eigenvalue weighted by Crippen LogP contribution is -2.35. The summed E-state index contributed by atoms with van der Waals surface area (Å²) in [5.74, 6) is -1.04. The van der Waals surface area contributed by atoms with Gasteiger partial charge in [0.1, 0.15) is 5.75 Å². The predicted molar refractivity (Wildman–Crippen MR) is 89.6 cm³/mol. The van der Waals surface area contributed by atoms with Gasteiger partial charge in [-0.2, -0.15) is 0 Å². The van der Waals surface area contributed by atoms with Crippen LogP contribution in [0.3, 0.4) is 0 Å². The van der Waals surface area contributed by atoms with E-state index < -0.39 is 17.6 Å². The highest BCUT2D eigenvalue weighted by atomic mass is 16.5. The number of nitrogens with zero attached hydrogens (tertiary/aromatic N) is 1. The third kappa shape index (κ3) is 3.94. The highest BCUT2D eigenvalue weighted by molar-refractivity contribution is 6.34. The summed E-state index contributed by atoms with van der Waals surface area (Å²) in [5, 5.41) is 10.1. The lowest BCUT2D eigenvalue weighted by molar-refractivity contribution is -0.139. The first-order valence-electron chi connectivity index (χ1n) is 8.10. The van der Waals surface area contributed by atoms with Gasteiger partial charge in [0.15, 0.2) is 5.76 Å². The summed E-state index contributed by atoms with van der Waals surface area (Å²) in [5.41, 5.74) is 0.508. The molecule has 6 nitrogen and oxygen atoms in total. The summed E-state index contributed by atoms with van der Waals surface area (Å²) in [6.45, 7) is 6.71. The lowest BCUT2D eigenvalue weighted by Gasteiger charge is -2.15. The maximum atomic E-state index is 12.5. The zero-order valence-corrected chi connectivity index (χ0v) is 14.2. The Bertz CT molecular complexity index is 633. The van der Waals surface area contributed by atoms with Crippen LogP contribution in [0, 0.1) is 0 Å². The summed E-state index contributed by atoms with van der Waals surface area (Å²) < 4.78 is 10.9. The highest BCUT2D eigenvalue weighted by Gasteiger charge is 2.38. The molecule has 1 aromatic rings. The first kappa shape index (κ1) is 18.0. The van der Waals surface area contributed by atoms with Gasteiger partial charge in [0.05, 0.1) is 31.4 Å². The molecule has 1 heterocycles. The van der Waals surface area contributed by atoms with Crippen molar-refractivity contribution in [1.29, 1.82) is 0 Å². The number of carbonyl (C=O) groups excluding carboxylic acids is 2. The van der Waals surface area contributed by atoms with E-state index in [0.29, 0.717) is 17.9 Å². The molecule has 0 aliphatic carbocycles. The van der Waals surface area contributed by atoms with Crippen LogP contribution >= 0.6 is 0 Å². The number of hydrogen-bond donors (Lipinski definition) is 1. The maximum absolute atomic E-state index is 12.5. The Labute approximate surface area is 141 Å². The number of imide groups is 1. The van der Waals surface area contributed by atoms with E-state index in [2.05, 4.69) is 0 Å². The van der Waals surface area contributed by atoms with Crippen molar-refractivity contribution in [3.63, 3.8) is 0 Å². The molecular formula is C18H23NO5. The molecule has 0 aromatic heterocycles. The molecule has 0 bridgehead atoms. The van der Waals surface area contributed by atoms with E-state index in [1.807, 2.05) is 20.8 Å². The third-order valence-electron chi connectivity index (χ3n) is 3.53. The monoisotopic (exact) mass is 333 g/mol. The second-order valence-electron chi connectivity index (χ2n) is 5.78. The van der Waals surface area contributed by atoms with Crippen LogP contribution in [0.25, 0.3) is 5.57 Å². The van der Waals surface area contributed by atoms with E-state index in [-0.39, 0.29) is 24.8 Å². The van der Waals surface area contributed by atoms with Gasteiger partial charge < -0.3 is 14.6 Å². The van der Waals surface area contributed by atoms with E-state index in [1.54, 1.807) is 24.3 Å². The summed E-state index contributed by atoms with van der Waals surface area (Å²) in [6.07, 6.45) is 0.906. The molecule has 1 N–H and O–H groups in total. The van der Waals surface area contributed by atoms with Gasteiger partial charge in [-0.15, -0.1) is 0 Å². The average Bonchev–Trinajstić information content (AvgIpc) is 2.77. The molecule has 24 heavy (non-hydrogen) atoms. The molecule has 0 fully saturated rings. The molecule has 0 unspecified atom stereocenters. The number of rotatable bonds is 8. The van der Waals surface area contributed by atoms with Crippen LogP contribution in [0.5, 0.6) is 5.75 Å². The minimum absolute atomic E-state index is 0.00880. The van der Waals surface area contributed by atoms with Crippen LogP contribution in [0.15, 0.2) is 30.0 Å². The van der Waals surface area contributed by atoms with Crippen molar-refractivity contribution in [1.82, 2.24) is 4.90 Å². The number of carbonyl (C=O) groups is 2. The quantitative estimate of drug-likeness (QED) is 0.740. The molecular weight excluding hydrogens is 310 g/mol. The zero-order chi connectivity index (χ0) is 17.7. The van der Waals surface area contributed by atoms with E-state index in [4.69, 9.17) is 9.47 Å². The molecule has 1 aliphatic heterocycles. The Kier molecular flexibility index (Phi) is 5.98. The summed E-state index contributed by atoms with van der Waals surface area (Å²) >= 11 is 0. The van der Waals surface area contributed by atoms with Crippen molar-refractivity contribution < 1.29 is 24.2 Å². The van der Waals surface area contributed by atoms with Gasteiger partial charge in [-0.1, -0.05) is 19.1 Å². The molecule has 0 saturated heterocycles. The molecule has 2 rings (SSSR count). The number of ether oxygens (including phenoxy) is 2. The van der Waals surface area contributed by atoms with Crippen molar-refractivity contribution >= 4 is 17.4 Å². The normalized spacial score (nSPS) is 14.9. The topological polar surface area (TPSA) is 76.1 Å². The Morgan fingerprint density at radius 2 is 1.75 bits per heavy atom. The molecule has 6 heteroatoms. The van der Waals surface area contributed by atoms with Crippen molar-refractivity contribution in [2.45, 2.75) is 33.3 Å². The zero-order valence-electron chi connectivity index (χ0n) is 14.2. The largest absolute Gasteiger partial charge is 0.502 e. The molecule has 130 valence electrons. The first-order chi connectivity index (χ1) is 11.5. The molecule has 0 radical (unpaired) electrons. The summed E-state index contributed by atoms with van der Waals surface area (Å²) in [6, 6.07) is 6.76. The van der Waals surface area contributed by atoms with Gasteiger partial charge in [-0.05, 0) is 38.0 Å². The van der Waals surface area contributed by atoms with Gasteiger partial charge in [0.2, 0.25) is 0 Å². The standard InChI is InChI=1S/C18H23NO5/c1-4-10-24-14-7-5-13(6-8-14)15-16(20)18(22)19(17(15)21)9-11-23-12(2)3/h5-8,12,20H,4,9-11H2,1-3H3. The van der Waals surface area contributed by atoms with Crippen molar-refractivity contribution in [3.05, 3.63) is 35.6 Å². The average molecular weight is 333 g/mol. The smallest absolute Gasteiger partial charge is 0.296 e. The Hall–Kier alpha value is -2.34. The second kappa shape index (κ2) is 7.97. The van der Waals surface area contributed by atoms with Gasteiger partial charge in [0, 0.05) is 0 Å². The predicted octanol–water partition coefficient (Wildman–Crippen LogP) is 2.54. The van der Waals surface area contributed by atoms with Crippen molar-refractivity contribution in [3.8, 4) is 5.75 Å². The summed E-state index contributed by atoms with van der Waals surface area (Å²) in [4.78, 5) is 25.6. The lowest BCUT2D eigenvalue weighted by atomic mass is 10.1. The highest BCUT2D eigenvalue weighted by Crippen LogP contribution is 2.29. The maximum Gasteiger partial charge on any atom is 0.296 e. The molecule has 0 saturated carbocycles. The van der Waals surface area contributed by atoms with Gasteiger partial charge >= 0.3 is 0 Å². The minimum Gasteiger partial charge on any atom is -0.502 e. The molecule has 2 amide bonds. The van der Waals surface area contributed by atoms with Crippen LogP contribution in [0.4, 0.5) is 0 Å². The van der Waals surface area contributed by atoms with E-state index in [0.717, 1.165) is 11.3 Å². The first-order valence-corrected chi connectivity index (χ1v) is 8.10. The van der Waals surface area contributed by atoms with Crippen molar-refractivity contribution in [2.75, 3.05) is 19.8 Å².